The molecule has 0 aromatic heterocycles. The molecule has 31 heavy (non-hydrogen) atoms. The van der Waals surface area contributed by atoms with Crippen molar-refractivity contribution in [2.75, 3.05) is 13.2 Å². The second kappa shape index (κ2) is 10.5. The monoisotopic (exact) mass is 427 g/mol. The van der Waals surface area contributed by atoms with Crippen LogP contribution in [0.1, 0.15) is 24.5 Å². The van der Waals surface area contributed by atoms with Crippen LogP contribution in [0.3, 0.4) is 0 Å². The zero-order chi connectivity index (χ0) is 22.3. The molecule has 3 N–H and O–H groups in total. The Morgan fingerprint density at radius 1 is 0.871 bits per heavy atom. The molecular formula is C25H27F2NO3. The maximum absolute atomic E-state index is 13.4. The predicted molar refractivity (Wildman–Crippen MR) is 116 cm³/mol. The Balaban J connectivity index is 1.64. The van der Waals surface area contributed by atoms with Gasteiger partial charge in [-0.25, -0.2) is 8.78 Å². The van der Waals surface area contributed by atoms with Crippen LogP contribution in [0.25, 0.3) is 0 Å². The average Bonchev–Trinajstić information content (AvgIpc) is 2.77. The van der Waals surface area contributed by atoms with Crippen molar-refractivity contribution in [1.82, 2.24) is 5.32 Å². The number of ether oxygens (including phenoxy) is 1. The summed E-state index contributed by atoms with van der Waals surface area (Å²) in [5.41, 5.74) is -0.455. The molecule has 164 valence electrons. The molecule has 3 aromatic carbocycles. The molecule has 0 heterocycles. The maximum atomic E-state index is 13.4. The van der Waals surface area contributed by atoms with E-state index in [4.69, 9.17) is 4.74 Å². The minimum Gasteiger partial charge on any atom is -0.491 e. The number of nitrogens with one attached hydrogen (secondary N) is 1. The zero-order valence-electron chi connectivity index (χ0n) is 17.3. The lowest BCUT2D eigenvalue weighted by atomic mass is 9.81. The number of halogens is 2. The fraction of sp³-hybridized carbons (Fsp3) is 0.280. The second-order valence-electron chi connectivity index (χ2n) is 7.67. The van der Waals surface area contributed by atoms with Crippen LogP contribution in [0, 0.1) is 11.6 Å². The van der Waals surface area contributed by atoms with E-state index in [0.717, 1.165) is 0 Å². The Morgan fingerprint density at radius 2 is 1.39 bits per heavy atom. The van der Waals surface area contributed by atoms with Crippen LogP contribution in [0.2, 0.25) is 0 Å². The first-order valence-electron chi connectivity index (χ1n) is 10.2. The first-order chi connectivity index (χ1) is 14.9. The number of benzene rings is 3. The van der Waals surface area contributed by atoms with Crippen molar-refractivity contribution in [3.8, 4) is 5.75 Å². The van der Waals surface area contributed by atoms with Crippen molar-refractivity contribution in [3.63, 3.8) is 0 Å². The van der Waals surface area contributed by atoms with Crippen molar-refractivity contribution in [2.45, 2.75) is 31.1 Å². The van der Waals surface area contributed by atoms with Gasteiger partial charge in [0.25, 0.3) is 0 Å². The van der Waals surface area contributed by atoms with Crippen LogP contribution >= 0.6 is 0 Å². The molecule has 0 aliphatic carbocycles. The Morgan fingerprint density at radius 3 is 1.90 bits per heavy atom. The van der Waals surface area contributed by atoms with Crippen LogP contribution in [-0.2, 0) is 5.60 Å². The smallest absolute Gasteiger partial charge is 0.123 e. The van der Waals surface area contributed by atoms with E-state index in [-0.39, 0.29) is 25.6 Å². The summed E-state index contributed by atoms with van der Waals surface area (Å²) in [7, 11) is 0. The number of hydrogen-bond donors (Lipinski definition) is 3. The van der Waals surface area contributed by atoms with E-state index in [1.54, 1.807) is 0 Å². The van der Waals surface area contributed by atoms with Gasteiger partial charge >= 0.3 is 0 Å². The van der Waals surface area contributed by atoms with E-state index < -0.39 is 23.3 Å². The first kappa shape index (κ1) is 22.9. The topological polar surface area (TPSA) is 61.7 Å². The van der Waals surface area contributed by atoms with Crippen LogP contribution in [0.5, 0.6) is 5.75 Å². The molecule has 0 aliphatic heterocycles. The van der Waals surface area contributed by atoms with Gasteiger partial charge in [0.2, 0.25) is 0 Å². The number of rotatable bonds is 10. The minimum absolute atomic E-state index is 0.129. The summed E-state index contributed by atoms with van der Waals surface area (Å²) in [5.74, 6) is -0.132. The lowest BCUT2D eigenvalue weighted by molar-refractivity contribution is 0.0556. The van der Waals surface area contributed by atoms with Gasteiger partial charge in [-0.2, -0.15) is 0 Å². The SMILES string of the molecule is CC(CC(O)(c1ccc(F)cc1)c1ccc(F)cc1)NC[C@H](O)COc1ccccc1. The molecule has 1 unspecified atom stereocenters. The third kappa shape index (κ3) is 6.34. The maximum Gasteiger partial charge on any atom is 0.123 e. The summed E-state index contributed by atoms with van der Waals surface area (Å²) in [6, 6.07) is 20.2. The molecule has 0 radical (unpaired) electrons. The molecule has 6 heteroatoms. The molecule has 4 nitrogen and oxygen atoms in total. The summed E-state index contributed by atoms with van der Waals surface area (Å²) in [6.45, 7) is 2.27. The van der Waals surface area contributed by atoms with Crippen molar-refractivity contribution in [1.29, 1.82) is 0 Å². The number of para-hydroxylation sites is 1. The fourth-order valence-electron chi connectivity index (χ4n) is 3.47. The fourth-order valence-corrected chi connectivity index (χ4v) is 3.47. The molecule has 0 saturated heterocycles. The molecule has 2 atom stereocenters. The van der Waals surface area contributed by atoms with Crippen molar-refractivity contribution < 1.29 is 23.7 Å². The van der Waals surface area contributed by atoms with Crippen molar-refractivity contribution in [2.24, 2.45) is 0 Å². The van der Waals surface area contributed by atoms with Gasteiger partial charge in [0, 0.05) is 12.6 Å². The van der Waals surface area contributed by atoms with Gasteiger partial charge in [-0.15, -0.1) is 0 Å². The average molecular weight is 427 g/mol. The molecule has 0 bridgehead atoms. The van der Waals surface area contributed by atoms with Crippen molar-refractivity contribution >= 4 is 0 Å². The number of aliphatic hydroxyl groups excluding tert-OH is 1. The normalized spacial score (nSPS) is 13.6. The third-order valence-electron chi connectivity index (χ3n) is 5.13. The van der Waals surface area contributed by atoms with Gasteiger partial charge in [-0.3, -0.25) is 0 Å². The Kier molecular flexibility index (Phi) is 7.74. The van der Waals surface area contributed by atoms with Crippen molar-refractivity contribution in [3.05, 3.63) is 102 Å². The summed E-state index contributed by atoms with van der Waals surface area (Å²) < 4.78 is 32.4. The molecule has 0 fully saturated rings. The summed E-state index contributed by atoms with van der Waals surface area (Å²) in [4.78, 5) is 0. The van der Waals surface area contributed by atoms with E-state index >= 15 is 0 Å². The van der Waals surface area contributed by atoms with Crippen LogP contribution in [-0.4, -0.2) is 35.5 Å². The summed E-state index contributed by atoms with van der Waals surface area (Å²) in [6.07, 6.45) is -0.510. The van der Waals surface area contributed by atoms with Gasteiger partial charge in [0.15, 0.2) is 0 Å². The van der Waals surface area contributed by atoms with E-state index in [2.05, 4.69) is 5.32 Å². The summed E-state index contributed by atoms with van der Waals surface area (Å²) in [5, 5.41) is 25.0. The quantitative estimate of drug-likeness (QED) is 0.458. The molecule has 0 amide bonds. The molecule has 3 rings (SSSR count). The van der Waals surface area contributed by atoms with E-state index in [9.17, 15) is 19.0 Å². The molecule has 3 aromatic rings. The van der Waals surface area contributed by atoms with E-state index in [0.29, 0.717) is 16.9 Å². The lowest BCUT2D eigenvalue weighted by Crippen LogP contribution is -2.41. The van der Waals surface area contributed by atoms with Gasteiger partial charge in [-0.1, -0.05) is 42.5 Å². The first-order valence-corrected chi connectivity index (χ1v) is 10.2. The highest BCUT2D eigenvalue weighted by atomic mass is 19.1. The third-order valence-corrected chi connectivity index (χ3v) is 5.13. The standard InChI is InChI=1S/C25H27F2NO3/c1-18(28-16-23(29)17-31-24-5-3-2-4-6-24)15-25(30,19-7-11-21(26)12-8-19)20-9-13-22(27)14-10-20/h2-14,18,23,28-30H,15-17H2,1H3/t18?,23-/m0/s1. The highest BCUT2D eigenvalue weighted by molar-refractivity contribution is 5.36. The molecular weight excluding hydrogens is 400 g/mol. The lowest BCUT2D eigenvalue weighted by Gasteiger charge is -2.33. The zero-order valence-corrected chi connectivity index (χ0v) is 17.3. The molecule has 0 aliphatic rings. The van der Waals surface area contributed by atoms with Gasteiger partial charge in [0.05, 0.1) is 0 Å². The Hall–Kier alpha value is -2.80. The number of aliphatic hydroxyl groups is 2. The van der Waals surface area contributed by atoms with E-state index in [1.807, 2.05) is 37.3 Å². The van der Waals surface area contributed by atoms with Crippen LogP contribution in [0.4, 0.5) is 8.78 Å². The second-order valence-corrected chi connectivity index (χ2v) is 7.67. The Labute approximate surface area is 181 Å². The van der Waals surface area contributed by atoms with Gasteiger partial charge in [0.1, 0.15) is 35.7 Å². The molecule has 0 spiro atoms. The molecule has 0 saturated carbocycles. The van der Waals surface area contributed by atoms with E-state index in [1.165, 1.54) is 48.5 Å². The highest BCUT2D eigenvalue weighted by Gasteiger charge is 2.33. The van der Waals surface area contributed by atoms with Gasteiger partial charge < -0.3 is 20.3 Å². The van der Waals surface area contributed by atoms with Crippen LogP contribution < -0.4 is 10.1 Å². The van der Waals surface area contributed by atoms with Crippen LogP contribution in [0.15, 0.2) is 78.9 Å². The predicted octanol–water partition coefficient (Wildman–Crippen LogP) is 4.01. The highest BCUT2D eigenvalue weighted by Crippen LogP contribution is 2.34. The van der Waals surface area contributed by atoms with Gasteiger partial charge in [-0.05, 0) is 60.9 Å². The summed E-state index contributed by atoms with van der Waals surface area (Å²) >= 11 is 0. The minimum atomic E-state index is -1.46. The number of hydrogen-bond acceptors (Lipinski definition) is 4. The largest absolute Gasteiger partial charge is 0.491 e. The Bertz CT molecular complexity index is 888.